The van der Waals surface area contributed by atoms with Crippen LogP contribution in [0.25, 0.3) is 0 Å². The van der Waals surface area contributed by atoms with E-state index < -0.39 is 0 Å². The molecule has 0 aliphatic heterocycles. The molecule has 0 saturated heterocycles. The zero-order valence-corrected chi connectivity index (χ0v) is 9.69. The number of carbonyl (C=O) groups excluding carboxylic acids is 1. The first-order valence-electron chi connectivity index (χ1n) is 4.52. The van der Waals surface area contributed by atoms with Crippen LogP contribution in [0.15, 0.2) is 0 Å². The van der Waals surface area contributed by atoms with Gasteiger partial charge in [0.1, 0.15) is 6.04 Å². The van der Waals surface area contributed by atoms with Crippen LogP contribution in [0.3, 0.4) is 0 Å². The zero-order valence-electron chi connectivity index (χ0n) is 8.87. The molecule has 0 aromatic rings. The molecule has 1 atom stereocenters. The van der Waals surface area contributed by atoms with Gasteiger partial charge in [-0.3, -0.25) is 9.69 Å². The van der Waals surface area contributed by atoms with Crippen LogP contribution in [-0.4, -0.2) is 49.1 Å². The summed E-state index contributed by atoms with van der Waals surface area (Å²) in [6, 6.07) is -0.0880. The first kappa shape index (κ1) is 12.9. The van der Waals surface area contributed by atoms with Crippen LogP contribution >= 0.6 is 11.8 Å². The molecule has 0 aromatic carbocycles. The van der Waals surface area contributed by atoms with Crippen molar-refractivity contribution in [2.45, 2.75) is 19.9 Å². The average molecular weight is 205 g/mol. The Kier molecular flexibility index (Phi) is 7.32. The zero-order chi connectivity index (χ0) is 10.3. The minimum Gasteiger partial charge on any atom is -0.383 e. The summed E-state index contributed by atoms with van der Waals surface area (Å²) < 4.78 is 5.04. The molecular formula is C9H19NO2S. The Bertz CT molecular complexity index is 149. The van der Waals surface area contributed by atoms with E-state index in [1.807, 2.05) is 6.26 Å². The average Bonchev–Trinajstić information content (AvgIpc) is 2.17. The van der Waals surface area contributed by atoms with Crippen molar-refractivity contribution < 1.29 is 9.53 Å². The smallest absolute Gasteiger partial charge is 0.208 e. The van der Waals surface area contributed by atoms with Crippen molar-refractivity contribution in [1.82, 2.24) is 4.90 Å². The Morgan fingerprint density at radius 2 is 2.00 bits per heavy atom. The molecule has 0 aliphatic carbocycles. The second-order valence-electron chi connectivity index (χ2n) is 2.72. The van der Waals surface area contributed by atoms with Gasteiger partial charge in [0.05, 0.1) is 6.61 Å². The number of rotatable bonds is 6. The summed E-state index contributed by atoms with van der Waals surface area (Å²) in [4.78, 5) is 13.6. The molecule has 4 heteroatoms. The van der Waals surface area contributed by atoms with Crippen molar-refractivity contribution in [2.24, 2.45) is 0 Å². The summed E-state index contributed by atoms with van der Waals surface area (Å²) in [5.41, 5.74) is 0. The highest BCUT2D eigenvalue weighted by Crippen LogP contribution is 2.08. The van der Waals surface area contributed by atoms with Gasteiger partial charge in [0.25, 0.3) is 0 Å². The normalized spacial score (nSPS) is 13.3. The molecule has 0 fully saturated rings. The largest absolute Gasteiger partial charge is 0.383 e. The monoisotopic (exact) mass is 205 g/mol. The fraction of sp³-hybridized carbons (Fsp3) is 0.889. The highest BCUT2D eigenvalue weighted by Gasteiger charge is 2.22. The van der Waals surface area contributed by atoms with Gasteiger partial charge in [0, 0.05) is 7.11 Å². The van der Waals surface area contributed by atoms with E-state index in [9.17, 15) is 4.79 Å². The summed E-state index contributed by atoms with van der Waals surface area (Å²) >= 11 is 1.27. The van der Waals surface area contributed by atoms with E-state index in [-0.39, 0.29) is 11.2 Å². The molecule has 0 unspecified atom stereocenters. The second-order valence-corrected chi connectivity index (χ2v) is 3.53. The van der Waals surface area contributed by atoms with Gasteiger partial charge < -0.3 is 4.74 Å². The first-order valence-corrected chi connectivity index (χ1v) is 5.74. The van der Waals surface area contributed by atoms with E-state index in [0.717, 1.165) is 13.1 Å². The van der Waals surface area contributed by atoms with Crippen LogP contribution in [0.5, 0.6) is 0 Å². The Hall–Kier alpha value is -0.0600. The lowest BCUT2D eigenvalue weighted by Crippen LogP contribution is -2.42. The van der Waals surface area contributed by atoms with Crippen LogP contribution in [0.2, 0.25) is 0 Å². The quantitative estimate of drug-likeness (QED) is 0.652. The molecule has 0 rings (SSSR count). The number of thioether (sulfide) groups is 1. The Balaban J connectivity index is 4.28. The molecule has 0 radical (unpaired) electrons. The standard InChI is InChI=1S/C9H19NO2S/c1-5-10(6-2)8(7-12-3)9(11)13-4/h8H,5-7H2,1-4H3/t8-/m1/s1. The Morgan fingerprint density at radius 3 is 2.31 bits per heavy atom. The molecule has 3 nitrogen and oxygen atoms in total. The minimum absolute atomic E-state index is 0.0880. The van der Waals surface area contributed by atoms with E-state index in [2.05, 4.69) is 18.7 Å². The third-order valence-corrected chi connectivity index (χ3v) is 2.73. The summed E-state index contributed by atoms with van der Waals surface area (Å²) in [5.74, 6) is 0. The molecule has 0 aliphatic rings. The fourth-order valence-electron chi connectivity index (χ4n) is 1.28. The van der Waals surface area contributed by atoms with Crippen LogP contribution < -0.4 is 0 Å². The lowest BCUT2D eigenvalue weighted by Gasteiger charge is -2.26. The van der Waals surface area contributed by atoms with Gasteiger partial charge in [0.15, 0.2) is 0 Å². The second kappa shape index (κ2) is 7.35. The lowest BCUT2D eigenvalue weighted by atomic mass is 10.3. The maximum absolute atomic E-state index is 11.5. The lowest BCUT2D eigenvalue weighted by molar-refractivity contribution is -0.117. The summed E-state index contributed by atoms with van der Waals surface area (Å²) in [7, 11) is 1.63. The van der Waals surface area contributed by atoms with E-state index in [4.69, 9.17) is 4.74 Å². The van der Waals surface area contributed by atoms with Gasteiger partial charge in [0.2, 0.25) is 5.12 Å². The Labute approximate surface area is 84.8 Å². The predicted molar refractivity (Wildman–Crippen MR) is 57.1 cm³/mol. The highest BCUT2D eigenvalue weighted by atomic mass is 32.2. The number of hydrogen-bond donors (Lipinski definition) is 0. The molecule has 0 amide bonds. The van der Waals surface area contributed by atoms with Crippen molar-refractivity contribution in [3.05, 3.63) is 0 Å². The number of nitrogens with zero attached hydrogens (tertiary/aromatic N) is 1. The third-order valence-electron chi connectivity index (χ3n) is 2.05. The molecule has 78 valence electrons. The topological polar surface area (TPSA) is 29.5 Å². The van der Waals surface area contributed by atoms with E-state index in [0.29, 0.717) is 6.61 Å². The van der Waals surface area contributed by atoms with Gasteiger partial charge in [-0.1, -0.05) is 25.6 Å². The molecule has 0 saturated carbocycles. The van der Waals surface area contributed by atoms with E-state index in [1.54, 1.807) is 7.11 Å². The van der Waals surface area contributed by atoms with Crippen LogP contribution in [0.1, 0.15) is 13.8 Å². The maximum atomic E-state index is 11.5. The van der Waals surface area contributed by atoms with Crippen LogP contribution in [0.4, 0.5) is 0 Å². The highest BCUT2D eigenvalue weighted by molar-refractivity contribution is 8.13. The number of likely N-dealkylation sites (N-methyl/N-ethyl adjacent to an activating group) is 1. The number of ether oxygens (including phenoxy) is 1. The molecule has 0 heterocycles. The predicted octanol–water partition coefficient (Wildman–Crippen LogP) is 1.23. The SMILES string of the molecule is CCN(CC)[C@H](COC)C(=O)SC. The van der Waals surface area contributed by atoms with E-state index >= 15 is 0 Å². The van der Waals surface area contributed by atoms with Crippen LogP contribution in [0, 0.1) is 0 Å². The van der Waals surface area contributed by atoms with Crippen LogP contribution in [-0.2, 0) is 9.53 Å². The number of carbonyl (C=O) groups is 1. The van der Waals surface area contributed by atoms with E-state index in [1.165, 1.54) is 11.8 Å². The van der Waals surface area contributed by atoms with Crippen molar-refractivity contribution in [1.29, 1.82) is 0 Å². The first-order chi connectivity index (χ1) is 6.21. The van der Waals surface area contributed by atoms with Crippen molar-refractivity contribution >= 4 is 16.9 Å². The Morgan fingerprint density at radius 1 is 1.46 bits per heavy atom. The van der Waals surface area contributed by atoms with Gasteiger partial charge in [-0.15, -0.1) is 0 Å². The van der Waals surface area contributed by atoms with Gasteiger partial charge >= 0.3 is 0 Å². The minimum atomic E-state index is -0.0880. The molecule has 0 aromatic heterocycles. The van der Waals surface area contributed by atoms with Crippen molar-refractivity contribution in [3.8, 4) is 0 Å². The summed E-state index contributed by atoms with van der Waals surface area (Å²) in [6.07, 6.45) is 1.81. The van der Waals surface area contributed by atoms with Gasteiger partial charge in [-0.05, 0) is 19.3 Å². The molecule has 0 spiro atoms. The third kappa shape index (κ3) is 4.11. The summed E-state index contributed by atoms with van der Waals surface area (Å²) in [6.45, 7) is 6.37. The molecule has 13 heavy (non-hydrogen) atoms. The fourth-order valence-corrected chi connectivity index (χ4v) is 1.77. The van der Waals surface area contributed by atoms with Gasteiger partial charge in [-0.25, -0.2) is 0 Å². The van der Waals surface area contributed by atoms with Gasteiger partial charge in [-0.2, -0.15) is 0 Å². The summed E-state index contributed by atoms with van der Waals surface area (Å²) in [5, 5.41) is 0.186. The maximum Gasteiger partial charge on any atom is 0.208 e. The van der Waals surface area contributed by atoms with Crippen molar-refractivity contribution in [2.75, 3.05) is 33.1 Å². The number of methoxy groups -OCH3 is 1. The van der Waals surface area contributed by atoms with Crippen molar-refractivity contribution in [3.63, 3.8) is 0 Å². The molecular weight excluding hydrogens is 186 g/mol. The molecule has 0 bridgehead atoms. The number of hydrogen-bond acceptors (Lipinski definition) is 4. The molecule has 0 N–H and O–H groups in total.